The Hall–Kier alpha value is -1.02. The summed E-state index contributed by atoms with van der Waals surface area (Å²) in [6, 6.07) is 6.73. The lowest BCUT2D eigenvalue weighted by Crippen LogP contribution is -2.64. The van der Waals surface area contributed by atoms with Gasteiger partial charge in [-0.1, -0.05) is 44.4 Å². The molecule has 0 spiro atoms. The van der Waals surface area contributed by atoms with Crippen LogP contribution in [0.1, 0.15) is 57.6 Å². The summed E-state index contributed by atoms with van der Waals surface area (Å²) in [6.07, 6.45) is 5.16. The maximum Gasteiger partial charge on any atom is 0.0569 e. The van der Waals surface area contributed by atoms with Crippen LogP contribution in [0.4, 0.5) is 5.69 Å². The van der Waals surface area contributed by atoms with Crippen LogP contribution in [0, 0.1) is 12.8 Å². The molecular formula is C17H26N2. The summed E-state index contributed by atoms with van der Waals surface area (Å²) in [6.45, 7) is 9.35. The van der Waals surface area contributed by atoms with Gasteiger partial charge in [0.1, 0.15) is 0 Å². The summed E-state index contributed by atoms with van der Waals surface area (Å²) in [4.78, 5) is 0. The molecule has 1 fully saturated rings. The number of anilines is 1. The average Bonchev–Trinajstić information content (AvgIpc) is 2.37. The molecule has 2 aliphatic rings. The second-order valence-corrected chi connectivity index (χ2v) is 7.27. The molecule has 104 valence electrons. The standard InChI is InChI=1S/C17H26N2/c1-12-8-9-14-13(11-12)16(2,3)15-7-5-6-10-17(15,4)19(14)18/h8-9,11,15H,5-7,10,18H2,1-4H3. The van der Waals surface area contributed by atoms with E-state index in [-0.39, 0.29) is 11.0 Å². The van der Waals surface area contributed by atoms with Gasteiger partial charge >= 0.3 is 0 Å². The van der Waals surface area contributed by atoms with E-state index in [9.17, 15) is 0 Å². The van der Waals surface area contributed by atoms with Crippen LogP contribution in [0.15, 0.2) is 18.2 Å². The van der Waals surface area contributed by atoms with Gasteiger partial charge in [0.15, 0.2) is 0 Å². The van der Waals surface area contributed by atoms with Crippen LogP contribution in [-0.4, -0.2) is 5.54 Å². The molecule has 2 N–H and O–H groups in total. The number of rotatable bonds is 0. The first-order valence-corrected chi connectivity index (χ1v) is 7.53. The summed E-state index contributed by atoms with van der Waals surface area (Å²) < 4.78 is 0. The van der Waals surface area contributed by atoms with E-state index < -0.39 is 0 Å². The highest BCUT2D eigenvalue weighted by Crippen LogP contribution is 2.54. The fourth-order valence-corrected chi connectivity index (χ4v) is 4.58. The number of benzene rings is 1. The predicted molar refractivity (Wildman–Crippen MR) is 81.2 cm³/mol. The number of nitrogens with zero attached hydrogens (tertiary/aromatic N) is 1. The second kappa shape index (κ2) is 3.99. The van der Waals surface area contributed by atoms with Crippen molar-refractivity contribution in [3.05, 3.63) is 29.3 Å². The Balaban J connectivity index is 2.21. The number of fused-ring (bicyclic) bond motifs is 2. The quantitative estimate of drug-likeness (QED) is 0.715. The molecule has 2 nitrogen and oxygen atoms in total. The number of hydrogen-bond acceptors (Lipinski definition) is 2. The van der Waals surface area contributed by atoms with E-state index in [1.54, 1.807) is 0 Å². The lowest BCUT2D eigenvalue weighted by Gasteiger charge is -2.58. The van der Waals surface area contributed by atoms with Crippen molar-refractivity contribution in [1.29, 1.82) is 0 Å². The van der Waals surface area contributed by atoms with Crippen molar-refractivity contribution >= 4 is 5.69 Å². The number of hydrogen-bond donors (Lipinski definition) is 1. The third-order valence-electron chi connectivity index (χ3n) is 5.70. The van der Waals surface area contributed by atoms with Crippen LogP contribution in [0.2, 0.25) is 0 Å². The van der Waals surface area contributed by atoms with Crippen molar-refractivity contribution in [2.75, 3.05) is 5.01 Å². The average molecular weight is 258 g/mol. The van der Waals surface area contributed by atoms with Crippen LogP contribution in [0.3, 0.4) is 0 Å². The lowest BCUT2D eigenvalue weighted by molar-refractivity contribution is 0.108. The molecule has 0 amide bonds. The van der Waals surface area contributed by atoms with E-state index in [0.717, 1.165) is 0 Å². The smallest absolute Gasteiger partial charge is 0.0569 e. The topological polar surface area (TPSA) is 29.3 Å². The molecule has 2 heteroatoms. The van der Waals surface area contributed by atoms with E-state index in [2.05, 4.69) is 50.9 Å². The van der Waals surface area contributed by atoms with Crippen molar-refractivity contribution in [3.8, 4) is 0 Å². The monoisotopic (exact) mass is 258 g/mol. The first-order chi connectivity index (χ1) is 8.87. The van der Waals surface area contributed by atoms with Crippen LogP contribution in [-0.2, 0) is 5.41 Å². The molecule has 1 aliphatic carbocycles. The molecule has 0 aromatic heterocycles. The van der Waals surface area contributed by atoms with Gasteiger partial charge in [0, 0.05) is 0 Å². The molecule has 0 saturated heterocycles. The zero-order valence-electron chi connectivity index (χ0n) is 12.7. The van der Waals surface area contributed by atoms with Crippen molar-refractivity contribution in [2.45, 2.75) is 64.3 Å². The summed E-state index contributed by atoms with van der Waals surface area (Å²) in [5, 5.41) is 2.08. The molecule has 3 rings (SSSR count). The van der Waals surface area contributed by atoms with Crippen LogP contribution in [0.25, 0.3) is 0 Å². The molecule has 2 atom stereocenters. The Bertz CT molecular complexity index is 506. The van der Waals surface area contributed by atoms with E-state index in [0.29, 0.717) is 5.92 Å². The largest absolute Gasteiger partial charge is 0.305 e. The fourth-order valence-electron chi connectivity index (χ4n) is 4.58. The minimum Gasteiger partial charge on any atom is -0.305 e. The van der Waals surface area contributed by atoms with Crippen molar-refractivity contribution in [3.63, 3.8) is 0 Å². The van der Waals surface area contributed by atoms with E-state index in [4.69, 9.17) is 5.84 Å². The molecule has 1 aromatic rings. The summed E-state index contributed by atoms with van der Waals surface area (Å²) in [5.74, 6) is 7.19. The number of hydrazine groups is 1. The van der Waals surface area contributed by atoms with Crippen molar-refractivity contribution in [1.82, 2.24) is 0 Å². The van der Waals surface area contributed by atoms with Crippen LogP contribution < -0.4 is 10.9 Å². The van der Waals surface area contributed by atoms with Gasteiger partial charge in [0.2, 0.25) is 0 Å². The Morgan fingerprint density at radius 2 is 1.95 bits per heavy atom. The Kier molecular flexibility index (Phi) is 2.72. The highest BCUT2D eigenvalue weighted by molar-refractivity contribution is 5.62. The van der Waals surface area contributed by atoms with Gasteiger partial charge in [-0.15, -0.1) is 0 Å². The molecule has 1 heterocycles. The number of nitrogens with two attached hydrogens (primary N) is 1. The van der Waals surface area contributed by atoms with Crippen molar-refractivity contribution < 1.29 is 0 Å². The molecule has 0 bridgehead atoms. The molecule has 1 saturated carbocycles. The summed E-state index contributed by atoms with van der Waals surface area (Å²) >= 11 is 0. The Labute approximate surface area is 117 Å². The third kappa shape index (κ3) is 1.66. The molecule has 0 radical (unpaired) electrons. The zero-order chi connectivity index (χ0) is 13.8. The van der Waals surface area contributed by atoms with Gasteiger partial charge in [-0.2, -0.15) is 0 Å². The highest BCUT2D eigenvalue weighted by Gasteiger charge is 2.53. The third-order valence-corrected chi connectivity index (χ3v) is 5.70. The van der Waals surface area contributed by atoms with Gasteiger partial charge in [-0.25, -0.2) is 5.84 Å². The van der Waals surface area contributed by atoms with Crippen LogP contribution >= 0.6 is 0 Å². The maximum atomic E-state index is 6.54. The minimum absolute atomic E-state index is 0.115. The fraction of sp³-hybridized carbons (Fsp3) is 0.647. The van der Waals surface area contributed by atoms with E-state index >= 15 is 0 Å². The first-order valence-electron chi connectivity index (χ1n) is 7.53. The first kappa shape index (κ1) is 13.0. The molecule has 1 aromatic carbocycles. The maximum absolute atomic E-state index is 6.54. The van der Waals surface area contributed by atoms with Gasteiger partial charge in [-0.05, 0) is 49.7 Å². The Morgan fingerprint density at radius 1 is 1.21 bits per heavy atom. The van der Waals surface area contributed by atoms with Gasteiger partial charge in [-0.3, -0.25) is 0 Å². The second-order valence-electron chi connectivity index (χ2n) is 7.27. The van der Waals surface area contributed by atoms with Gasteiger partial charge in [0.25, 0.3) is 0 Å². The minimum atomic E-state index is 0.115. The van der Waals surface area contributed by atoms with Crippen molar-refractivity contribution in [2.24, 2.45) is 11.8 Å². The van der Waals surface area contributed by atoms with Gasteiger partial charge in [0.05, 0.1) is 11.2 Å². The summed E-state index contributed by atoms with van der Waals surface area (Å²) in [7, 11) is 0. The van der Waals surface area contributed by atoms with Crippen LogP contribution in [0.5, 0.6) is 0 Å². The zero-order valence-corrected chi connectivity index (χ0v) is 12.7. The molecule has 2 unspecified atom stereocenters. The molecule has 1 aliphatic heterocycles. The van der Waals surface area contributed by atoms with E-state index in [1.165, 1.54) is 42.5 Å². The Morgan fingerprint density at radius 3 is 2.68 bits per heavy atom. The normalized spacial score (nSPS) is 32.7. The predicted octanol–water partition coefficient (Wildman–Crippen LogP) is 3.92. The highest BCUT2D eigenvalue weighted by atomic mass is 15.5. The molecular weight excluding hydrogens is 232 g/mol. The molecule has 19 heavy (non-hydrogen) atoms. The number of aryl methyl sites for hydroxylation is 1. The summed E-state index contributed by atoms with van der Waals surface area (Å²) in [5.41, 5.74) is 4.33. The SMILES string of the molecule is Cc1ccc2c(c1)C(C)(C)C1CCCCC1(C)N2N. The lowest BCUT2D eigenvalue weighted by atomic mass is 9.57. The van der Waals surface area contributed by atoms with E-state index in [1.807, 2.05) is 0 Å². The van der Waals surface area contributed by atoms with Gasteiger partial charge < -0.3 is 5.01 Å².